The molecule has 2 amide bonds. The van der Waals surface area contributed by atoms with Crippen LogP contribution in [-0.4, -0.2) is 18.4 Å². The minimum atomic E-state index is -0.387. The van der Waals surface area contributed by atoms with E-state index in [1.807, 2.05) is 42.5 Å². The topological polar surface area (TPSA) is 67.4 Å². The Kier molecular flexibility index (Phi) is 5.89. The number of hydrogen-bond donors (Lipinski definition) is 2. The van der Waals surface area contributed by atoms with Crippen LogP contribution >= 0.6 is 0 Å². The standard InChI is InChI=1S/C21H24N2O3/c1-2-15-10-12-17(13-11-15)26-14-20(24)22-23-21(25)19-9-5-7-16-6-3-4-8-18(16)19/h3-4,6,8,10-13,19H,2,5,7,9,14H2,1H3,(H,22,24)(H,23,25)/t19-/m0/s1. The quantitative estimate of drug-likeness (QED) is 0.813. The number of hydrogen-bond acceptors (Lipinski definition) is 3. The van der Waals surface area contributed by atoms with Gasteiger partial charge in [-0.15, -0.1) is 0 Å². The van der Waals surface area contributed by atoms with E-state index in [4.69, 9.17) is 4.74 Å². The van der Waals surface area contributed by atoms with Crippen molar-refractivity contribution in [2.24, 2.45) is 0 Å². The third kappa shape index (κ3) is 4.42. The molecule has 1 aliphatic carbocycles. The molecule has 2 aromatic carbocycles. The maximum atomic E-state index is 12.4. The molecule has 1 atom stereocenters. The van der Waals surface area contributed by atoms with E-state index in [9.17, 15) is 9.59 Å². The number of aryl methyl sites for hydroxylation is 2. The van der Waals surface area contributed by atoms with Gasteiger partial charge in [-0.05, 0) is 54.5 Å². The molecule has 0 heterocycles. The predicted molar refractivity (Wildman–Crippen MR) is 99.7 cm³/mol. The first-order valence-electron chi connectivity index (χ1n) is 9.05. The highest BCUT2D eigenvalue weighted by Crippen LogP contribution is 2.31. The maximum Gasteiger partial charge on any atom is 0.276 e. The molecular formula is C21H24N2O3. The fourth-order valence-corrected chi connectivity index (χ4v) is 3.25. The Hall–Kier alpha value is -2.82. The summed E-state index contributed by atoms with van der Waals surface area (Å²) in [5.74, 6) is -0.160. The molecule has 2 aromatic rings. The van der Waals surface area contributed by atoms with Crippen molar-refractivity contribution in [1.29, 1.82) is 0 Å². The average molecular weight is 352 g/mol. The SMILES string of the molecule is CCc1ccc(OCC(=O)NNC(=O)[C@H]2CCCc3ccccc32)cc1. The fraction of sp³-hybridized carbons (Fsp3) is 0.333. The number of hydrazine groups is 1. The Balaban J connectivity index is 1.48. The van der Waals surface area contributed by atoms with Crippen molar-refractivity contribution >= 4 is 11.8 Å². The van der Waals surface area contributed by atoms with Crippen LogP contribution in [0.25, 0.3) is 0 Å². The van der Waals surface area contributed by atoms with Gasteiger partial charge in [0.2, 0.25) is 5.91 Å². The second-order valence-corrected chi connectivity index (χ2v) is 6.47. The molecule has 0 saturated heterocycles. The molecular weight excluding hydrogens is 328 g/mol. The molecule has 0 bridgehead atoms. The lowest BCUT2D eigenvalue weighted by Gasteiger charge is -2.24. The number of ether oxygens (including phenoxy) is 1. The van der Waals surface area contributed by atoms with Gasteiger partial charge in [0.25, 0.3) is 5.91 Å². The average Bonchev–Trinajstić information content (AvgIpc) is 2.70. The van der Waals surface area contributed by atoms with E-state index in [2.05, 4.69) is 23.8 Å². The minimum absolute atomic E-state index is 0.146. The van der Waals surface area contributed by atoms with Gasteiger partial charge >= 0.3 is 0 Å². The van der Waals surface area contributed by atoms with E-state index in [-0.39, 0.29) is 24.3 Å². The first-order chi connectivity index (χ1) is 12.7. The number of amides is 2. The number of rotatable bonds is 5. The van der Waals surface area contributed by atoms with Crippen LogP contribution < -0.4 is 15.6 Å². The number of carbonyl (C=O) groups is 2. The van der Waals surface area contributed by atoms with Crippen molar-refractivity contribution in [2.45, 2.75) is 38.5 Å². The van der Waals surface area contributed by atoms with E-state index in [1.54, 1.807) is 0 Å². The molecule has 5 heteroatoms. The summed E-state index contributed by atoms with van der Waals surface area (Å²) < 4.78 is 5.44. The van der Waals surface area contributed by atoms with E-state index in [1.165, 1.54) is 11.1 Å². The Bertz CT molecular complexity index is 771. The zero-order valence-corrected chi connectivity index (χ0v) is 15.0. The molecule has 0 radical (unpaired) electrons. The summed E-state index contributed by atoms with van der Waals surface area (Å²) in [6.07, 6.45) is 3.72. The van der Waals surface area contributed by atoms with Gasteiger partial charge in [-0.1, -0.05) is 43.3 Å². The predicted octanol–water partition coefficient (Wildman–Crippen LogP) is 2.90. The Labute approximate surface area is 153 Å². The molecule has 1 aliphatic rings. The molecule has 0 saturated carbocycles. The lowest BCUT2D eigenvalue weighted by Crippen LogP contribution is -2.46. The number of benzene rings is 2. The number of fused-ring (bicyclic) bond motifs is 1. The fourth-order valence-electron chi connectivity index (χ4n) is 3.25. The summed E-state index contributed by atoms with van der Waals surface area (Å²) in [6.45, 7) is 1.93. The van der Waals surface area contributed by atoms with Crippen LogP contribution in [-0.2, 0) is 22.4 Å². The van der Waals surface area contributed by atoms with Crippen LogP contribution in [0.2, 0.25) is 0 Å². The van der Waals surface area contributed by atoms with Gasteiger partial charge in [0.1, 0.15) is 5.75 Å². The number of nitrogens with one attached hydrogen (secondary N) is 2. The van der Waals surface area contributed by atoms with Gasteiger partial charge in [-0.3, -0.25) is 20.4 Å². The monoisotopic (exact) mass is 352 g/mol. The lowest BCUT2D eigenvalue weighted by atomic mass is 9.82. The second kappa shape index (κ2) is 8.52. The van der Waals surface area contributed by atoms with Crippen molar-refractivity contribution in [3.8, 4) is 5.75 Å². The van der Waals surface area contributed by atoms with Gasteiger partial charge < -0.3 is 4.74 Å². The first kappa shape index (κ1) is 18.0. The van der Waals surface area contributed by atoms with Crippen LogP contribution in [0, 0.1) is 0 Å². The number of carbonyl (C=O) groups excluding carboxylic acids is 2. The highest BCUT2D eigenvalue weighted by molar-refractivity contribution is 5.87. The Morgan fingerprint density at radius 3 is 2.62 bits per heavy atom. The Morgan fingerprint density at radius 2 is 1.85 bits per heavy atom. The molecule has 136 valence electrons. The van der Waals surface area contributed by atoms with Gasteiger partial charge in [-0.25, -0.2) is 0 Å². The molecule has 0 spiro atoms. The van der Waals surface area contributed by atoms with Gasteiger partial charge in [-0.2, -0.15) is 0 Å². The summed E-state index contributed by atoms with van der Waals surface area (Å²) in [5, 5.41) is 0. The van der Waals surface area contributed by atoms with E-state index < -0.39 is 0 Å². The molecule has 5 nitrogen and oxygen atoms in total. The molecule has 0 fully saturated rings. The molecule has 3 rings (SSSR count). The summed E-state index contributed by atoms with van der Waals surface area (Å²) in [4.78, 5) is 24.4. The Morgan fingerprint density at radius 1 is 1.08 bits per heavy atom. The largest absolute Gasteiger partial charge is 0.484 e. The highest BCUT2D eigenvalue weighted by Gasteiger charge is 2.26. The molecule has 0 unspecified atom stereocenters. The second-order valence-electron chi connectivity index (χ2n) is 6.47. The van der Waals surface area contributed by atoms with E-state index >= 15 is 0 Å². The van der Waals surface area contributed by atoms with E-state index in [0.717, 1.165) is 31.2 Å². The van der Waals surface area contributed by atoms with Gasteiger partial charge in [0.05, 0.1) is 5.92 Å². The molecule has 0 aliphatic heterocycles. The summed E-state index contributed by atoms with van der Waals surface area (Å²) in [6, 6.07) is 15.6. The maximum absolute atomic E-state index is 12.4. The van der Waals surface area contributed by atoms with Crippen molar-refractivity contribution in [1.82, 2.24) is 10.9 Å². The van der Waals surface area contributed by atoms with E-state index in [0.29, 0.717) is 5.75 Å². The smallest absolute Gasteiger partial charge is 0.276 e. The van der Waals surface area contributed by atoms with Crippen LogP contribution in [0.3, 0.4) is 0 Å². The normalized spacial score (nSPS) is 15.7. The summed E-state index contributed by atoms with van der Waals surface area (Å²) in [5.41, 5.74) is 8.44. The summed E-state index contributed by atoms with van der Waals surface area (Å²) >= 11 is 0. The van der Waals surface area contributed by atoms with Gasteiger partial charge in [0.15, 0.2) is 6.61 Å². The molecule has 2 N–H and O–H groups in total. The third-order valence-corrected chi connectivity index (χ3v) is 4.71. The highest BCUT2D eigenvalue weighted by atomic mass is 16.5. The van der Waals surface area contributed by atoms with Crippen molar-refractivity contribution in [3.05, 3.63) is 65.2 Å². The van der Waals surface area contributed by atoms with Crippen LogP contribution in [0.1, 0.15) is 42.4 Å². The van der Waals surface area contributed by atoms with Crippen LogP contribution in [0.5, 0.6) is 5.75 Å². The summed E-state index contributed by atoms with van der Waals surface area (Å²) in [7, 11) is 0. The lowest BCUT2D eigenvalue weighted by molar-refractivity contribution is -0.130. The first-order valence-corrected chi connectivity index (χ1v) is 9.05. The molecule has 0 aromatic heterocycles. The third-order valence-electron chi connectivity index (χ3n) is 4.71. The van der Waals surface area contributed by atoms with Crippen LogP contribution in [0.4, 0.5) is 0 Å². The van der Waals surface area contributed by atoms with Crippen molar-refractivity contribution < 1.29 is 14.3 Å². The van der Waals surface area contributed by atoms with Crippen molar-refractivity contribution in [3.63, 3.8) is 0 Å². The zero-order chi connectivity index (χ0) is 18.4. The van der Waals surface area contributed by atoms with Gasteiger partial charge in [0, 0.05) is 0 Å². The van der Waals surface area contributed by atoms with Crippen LogP contribution in [0.15, 0.2) is 48.5 Å². The zero-order valence-electron chi connectivity index (χ0n) is 15.0. The van der Waals surface area contributed by atoms with Crippen molar-refractivity contribution in [2.75, 3.05) is 6.61 Å². The minimum Gasteiger partial charge on any atom is -0.484 e. The molecule has 26 heavy (non-hydrogen) atoms.